The summed E-state index contributed by atoms with van der Waals surface area (Å²) in [6.07, 6.45) is 4.68. The SMILES string of the molecule is Nc1nnc(SCCCN2CC=C(c3ccccc3)CC2)s1. The largest absolute Gasteiger partial charge is 0.374 e. The molecule has 0 saturated heterocycles. The van der Waals surface area contributed by atoms with E-state index in [1.807, 2.05) is 0 Å². The second-order valence-electron chi connectivity index (χ2n) is 5.25. The molecule has 116 valence electrons. The molecule has 0 spiro atoms. The highest BCUT2D eigenvalue weighted by molar-refractivity contribution is 8.01. The number of anilines is 1. The highest BCUT2D eigenvalue weighted by Gasteiger charge is 2.12. The Morgan fingerprint density at radius 2 is 2.09 bits per heavy atom. The van der Waals surface area contributed by atoms with Gasteiger partial charge < -0.3 is 5.73 Å². The zero-order valence-corrected chi connectivity index (χ0v) is 14.1. The normalized spacial score (nSPS) is 15.7. The number of thioether (sulfide) groups is 1. The molecule has 1 aliphatic rings. The van der Waals surface area contributed by atoms with Crippen LogP contribution in [0.15, 0.2) is 40.7 Å². The lowest BCUT2D eigenvalue weighted by Gasteiger charge is -2.26. The van der Waals surface area contributed by atoms with E-state index in [1.54, 1.807) is 11.8 Å². The van der Waals surface area contributed by atoms with Gasteiger partial charge in [-0.25, -0.2) is 0 Å². The summed E-state index contributed by atoms with van der Waals surface area (Å²) in [5.74, 6) is 1.07. The van der Waals surface area contributed by atoms with Crippen LogP contribution >= 0.6 is 23.1 Å². The maximum atomic E-state index is 5.58. The Balaban J connectivity index is 1.39. The van der Waals surface area contributed by atoms with Crippen LogP contribution in [0.4, 0.5) is 5.13 Å². The van der Waals surface area contributed by atoms with Gasteiger partial charge >= 0.3 is 0 Å². The van der Waals surface area contributed by atoms with E-state index >= 15 is 0 Å². The minimum atomic E-state index is 0.553. The Kier molecular flexibility index (Phi) is 5.48. The third-order valence-corrected chi connectivity index (χ3v) is 5.68. The lowest BCUT2D eigenvalue weighted by molar-refractivity contribution is 0.303. The number of nitrogens with two attached hydrogens (primary N) is 1. The summed E-state index contributed by atoms with van der Waals surface area (Å²) in [6, 6.07) is 10.7. The summed E-state index contributed by atoms with van der Waals surface area (Å²) in [5.41, 5.74) is 8.43. The minimum Gasteiger partial charge on any atom is -0.374 e. The first kappa shape index (κ1) is 15.5. The van der Waals surface area contributed by atoms with Crippen LogP contribution in [0.2, 0.25) is 0 Å². The second kappa shape index (κ2) is 7.76. The fourth-order valence-corrected chi connectivity index (χ4v) is 4.19. The van der Waals surface area contributed by atoms with Crippen molar-refractivity contribution < 1.29 is 0 Å². The summed E-state index contributed by atoms with van der Waals surface area (Å²) in [5, 5.41) is 8.41. The monoisotopic (exact) mass is 332 g/mol. The molecule has 2 N–H and O–H groups in total. The number of nitrogen functional groups attached to an aromatic ring is 1. The van der Waals surface area contributed by atoms with Crippen molar-refractivity contribution in [3.8, 4) is 0 Å². The van der Waals surface area contributed by atoms with Crippen LogP contribution < -0.4 is 5.73 Å². The maximum Gasteiger partial charge on any atom is 0.203 e. The van der Waals surface area contributed by atoms with Crippen molar-refractivity contribution in [2.45, 2.75) is 17.2 Å². The smallest absolute Gasteiger partial charge is 0.203 e. The average Bonchev–Trinajstić information content (AvgIpc) is 2.98. The standard InChI is InChI=1S/C16H20N4S2/c17-15-18-19-16(22-15)21-12-4-9-20-10-7-14(8-11-20)13-5-2-1-3-6-13/h1-3,5-7H,4,8-12H2,(H2,17,18). The van der Waals surface area contributed by atoms with E-state index < -0.39 is 0 Å². The summed E-state index contributed by atoms with van der Waals surface area (Å²) in [7, 11) is 0. The van der Waals surface area contributed by atoms with Crippen LogP contribution in [0, 0.1) is 0 Å². The average molecular weight is 332 g/mol. The number of benzene rings is 1. The molecule has 1 aromatic heterocycles. The van der Waals surface area contributed by atoms with Gasteiger partial charge in [0.15, 0.2) is 4.34 Å². The third kappa shape index (κ3) is 4.32. The first-order valence-corrected chi connectivity index (χ1v) is 9.30. The Morgan fingerprint density at radius 3 is 2.77 bits per heavy atom. The summed E-state index contributed by atoms with van der Waals surface area (Å²) in [4.78, 5) is 2.52. The van der Waals surface area contributed by atoms with E-state index in [9.17, 15) is 0 Å². The number of hydrogen-bond donors (Lipinski definition) is 1. The van der Waals surface area contributed by atoms with Crippen molar-refractivity contribution in [1.82, 2.24) is 15.1 Å². The van der Waals surface area contributed by atoms with Gasteiger partial charge in [-0.15, -0.1) is 10.2 Å². The first-order chi connectivity index (χ1) is 10.8. The van der Waals surface area contributed by atoms with Gasteiger partial charge in [-0.1, -0.05) is 59.5 Å². The zero-order valence-electron chi connectivity index (χ0n) is 12.4. The Morgan fingerprint density at radius 1 is 1.23 bits per heavy atom. The quantitative estimate of drug-likeness (QED) is 0.649. The summed E-state index contributed by atoms with van der Waals surface area (Å²) < 4.78 is 0.974. The molecule has 1 aromatic carbocycles. The first-order valence-electron chi connectivity index (χ1n) is 7.50. The molecule has 0 amide bonds. The maximum absolute atomic E-state index is 5.58. The highest BCUT2D eigenvalue weighted by atomic mass is 32.2. The van der Waals surface area contributed by atoms with Crippen LogP contribution in [0.1, 0.15) is 18.4 Å². The van der Waals surface area contributed by atoms with Crippen LogP contribution in [-0.2, 0) is 0 Å². The topological polar surface area (TPSA) is 55.0 Å². The van der Waals surface area contributed by atoms with E-state index in [0.717, 1.165) is 36.1 Å². The molecule has 2 heterocycles. The summed E-state index contributed by atoms with van der Waals surface area (Å²) in [6.45, 7) is 3.34. The predicted octanol–water partition coefficient (Wildman–Crippen LogP) is 3.39. The van der Waals surface area contributed by atoms with Gasteiger partial charge in [-0.05, 0) is 30.5 Å². The van der Waals surface area contributed by atoms with Crippen molar-refractivity contribution in [3.63, 3.8) is 0 Å². The summed E-state index contributed by atoms with van der Waals surface area (Å²) >= 11 is 3.22. The van der Waals surface area contributed by atoms with E-state index in [0.29, 0.717) is 5.13 Å². The van der Waals surface area contributed by atoms with Crippen molar-refractivity contribution >= 4 is 33.8 Å². The van der Waals surface area contributed by atoms with E-state index in [-0.39, 0.29) is 0 Å². The molecular weight excluding hydrogens is 312 g/mol. The molecule has 4 nitrogen and oxygen atoms in total. The van der Waals surface area contributed by atoms with Gasteiger partial charge in [0.2, 0.25) is 5.13 Å². The fraction of sp³-hybridized carbons (Fsp3) is 0.375. The predicted molar refractivity (Wildman–Crippen MR) is 95.1 cm³/mol. The van der Waals surface area contributed by atoms with E-state index in [4.69, 9.17) is 5.73 Å². The molecule has 0 radical (unpaired) electrons. The van der Waals surface area contributed by atoms with Gasteiger partial charge in [0.25, 0.3) is 0 Å². The number of rotatable bonds is 6. The van der Waals surface area contributed by atoms with Crippen LogP contribution in [-0.4, -0.2) is 40.5 Å². The molecule has 3 rings (SSSR count). The minimum absolute atomic E-state index is 0.553. The van der Waals surface area contributed by atoms with Gasteiger partial charge in [-0.2, -0.15) is 0 Å². The molecule has 0 unspecified atom stereocenters. The molecule has 0 fully saturated rings. The van der Waals surface area contributed by atoms with Gasteiger partial charge in [0, 0.05) is 18.8 Å². The Labute approximate surface area is 139 Å². The molecule has 6 heteroatoms. The van der Waals surface area contributed by atoms with Crippen molar-refractivity contribution in [3.05, 3.63) is 42.0 Å². The van der Waals surface area contributed by atoms with E-state index in [1.165, 1.54) is 28.9 Å². The second-order valence-corrected chi connectivity index (χ2v) is 7.61. The molecule has 0 atom stereocenters. The zero-order chi connectivity index (χ0) is 15.2. The van der Waals surface area contributed by atoms with Gasteiger partial charge in [-0.3, -0.25) is 4.90 Å². The number of nitrogens with zero attached hydrogens (tertiary/aromatic N) is 3. The number of hydrogen-bond acceptors (Lipinski definition) is 6. The molecule has 0 bridgehead atoms. The molecular formula is C16H20N4S2. The van der Waals surface area contributed by atoms with Crippen LogP contribution in [0.3, 0.4) is 0 Å². The van der Waals surface area contributed by atoms with E-state index in [2.05, 4.69) is 51.5 Å². The Hall–Kier alpha value is -1.37. The number of aromatic nitrogens is 2. The molecule has 0 saturated carbocycles. The van der Waals surface area contributed by atoms with Gasteiger partial charge in [0.1, 0.15) is 0 Å². The lowest BCUT2D eigenvalue weighted by Crippen LogP contribution is -2.29. The Bertz CT molecular complexity index is 624. The van der Waals surface area contributed by atoms with Crippen molar-refractivity contribution in [2.24, 2.45) is 0 Å². The van der Waals surface area contributed by atoms with Crippen molar-refractivity contribution in [1.29, 1.82) is 0 Å². The third-order valence-electron chi connectivity index (χ3n) is 3.70. The molecule has 1 aliphatic heterocycles. The highest BCUT2D eigenvalue weighted by Crippen LogP contribution is 2.25. The fourth-order valence-electron chi connectivity index (χ4n) is 2.56. The molecule has 2 aromatic rings. The molecule has 0 aliphatic carbocycles. The van der Waals surface area contributed by atoms with Crippen molar-refractivity contribution in [2.75, 3.05) is 31.1 Å². The molecule has 22 heavy (non-hydrogen) atoms. The van der Waals surface area contributed by atoms with Gasteiger partial charge in [0.05, 0.1) is 0 Å². The van der Waals surface area contributed by atoms with Crippen LogP contribution in [0.5, 0.6) is 0 Å². The lowest BCUT2D eigenvalue weighted by atomic mass is 9.99. The van der Waals surface area contributed by atoms with Crippen LogP contribution in [0.25, 0.3) is 5.57 Å².